The second-order valence-corrected chi connectivity index (χ2v) is 7.94. The highest BCUT2D eigenvalue weighted by atomic mass is 19.1. The standard InChI is InChI=1S/C24H29FN4O2/c1-2-28-12-14-29(15-13-28)11-5-10-26-24(30)19-8-9-21-22(16-19)31-23(27-21)17-18-6-3-4-7-20(18)25/h3-4,6-9,16H,2,5,10-15,17H2,1H3,(H,26,30). The number of amides is 1. The van der Waals surface area contributed by atoms with Gasteiger partial charge < -0.3 is 19.5 Å². The van der Waals surface area contributed by atoms with Crippen molar-refractivity contribution < 1.29 is 13.6 Å². The molecule has 31 heavy (non-hydrogen) atoms. The lowest BCUT2D eigenvalue weighted by atomic mass is 10.1. The fourth-order valence-corrected chi connectivity index (χ4v) is 3.93. The first-order valence-corrected chi connectivity index (χ1v) is 11.0. The molecule has 0 aliphatic carbocycles. The highest BCUT2D eigenvalue weighted by molar-refractivity contribution is 5.97. The molecule has 1 aliphatic rings. The summed E-state index contributed by atoms with van der Waals surface area (Å²) < 4.78 is 19.6. The molecule has 0 spiro atoms. The Hall–Kier alpha value is -2.77. The van der Waals surface area contributed by atoms with Crippen molar-refractivity contribution in [2.45, 2.75) is 19.8 Å². The molecule has 0 bridgehead atoms. The molecule has 1 N–H and O–H groups in total. The zero-order chi connectivity index (χ0) is 21.6. The van der Waals surface area contributed by atoms with Crippen molar-refractivity contribution in [3.05, 3.63) is 65.3 Å². The van der Waals surface area contributed by atoms with Crippen LogP contribution in [-0.2, 0) is 6.42 Å². The summed E-state index contributed by atoms with van der Waals surface area (Å²) in [5.74, 6) is 0.0302. The maximum Gasteiger partial charge on any atom is 0.251 e. The normalized spacial score (nSPS) is 15.4. The summed E-state index contributed by atoms with van der Waals surface area (Å²) in [7, 11) is 0. The second-order valence-electron chi connectivity index (χ2n) is 7.94. The number of hydrogen-bond donors (Lipinski definition) is 1. The molecule has 7 heteroatoms. The third-order valence-corrected chi connectivity index (χ3v) is 5.84. The number of carbonyl (C=O) groups excluding carboxylic acids is 1. The average Bonchev–Trinajstić information content (AvgIpc) is 3.20. The summed E-state index contributed by atoms with van der Waals surface area (Å²) in [5.41, 5.74) is 2.27. The highest BCUT2D eigenvalue weighted by Gasteiger charge is 2.15. The number of piperazine rings is 1. The Labute approximate surface area is 182 Å². The van der Waals surface area contributed by atoms with Crippen molar-refractivity contribution in [1.29, 1.82) is 0 Å². The molecule has 1 fully saturated rings. The molecular formula is C24H29FN4O2. The van der Waals surface area contributed by atoms with E-state index in [-0.39, 0.29) is 18.1 Å². The van der Waals surface area contributed by atoms with Gasteiger partial charge in [0.2, 0.25) is 0 Å². The number of hydrogen-bond acceptors (Lipinski definition) is 5. The van der Waals surface area contributed by atoms with Crippen LogP contribution in [-0.4, -0.2) is 66.5 Å². The van der Waals surface area contributed by atoms with E-state index in [2.05, 4.69) is 27.0 Å². The number of carbonyl (C=O) groups is 1. The number of benzene rings is 2. The number of nitrogens with zero attached hydrogens (tertiary/aromatic N) is 3. The molecule has 1 saturated heterocycles. The SMILES string of the molecule is CCN1CCN(CCCNC(=O)c2ccc3nc(Cc4ccccc4F)oc3c2)CC1. The molecule has 3 aromatic rings. The summed E-state index contributed by atoms with van der Waals surface area (Å²) in [4.78, 5) is 21.8. The molecule has 164 valence electrons. The molecule has 2 aromatic carbocycles. The zero-order valence-electron chi connectivity index (χ0n) is 17.9. The van der Waals surface area contributed by atoms with Gasteiger partial charge in [-0.1, -0.05) is 25.1 Å². The van der Waals surface area contributed by atoms with Gasteiger partial charge in [-0.15, -0.1) is 0 Å². The molecule has 0 radical (unpaired) electrons. The van der Waals surface area contributed by atoms with Gasteiger partial charge in [0.25, 0.3) is 5.91 Å². The number of rotatable bonds is 8. The average molecular weight is 425 g/mol. The second kappa shape index (κ2) is 10.0. The molecule has 2 heterocycles. The zero-order valence-corrected chi connectivity index (χ0v) is 17.9. The molecule has 6 nitrogen and oxygen atoms in total. The monoisotopic (exact) mass is 424 g/mol. The number of nitrogens with one attached hydrogen (secondary N) is 1. The molecule has 0 saturated carbocycles. The van der Waals surface area contributed by atoms with E-state index in [4.69, 9.17) is 4.42 Å². The molecule has 1 amide bonds. The maximum absolute atomic E-state index is 13.9. The van der Waals surface area contributed by atoms with Crippen molar-refractivity contribution >= 4 is 17.0 Å². The van der Waals surface area contributed by atoms with Crippen molar-refractivity contribution in [2.24, 2.45) is 0 Å². The first kappa shape index (κ1) is 21.5. The van der Waals surface area contributed by atoms with E-state index in [0.717, 1.165) is 45.7 Å². The summed E-state index contributed by atoms with van der Waals surface area (Å²) in [6.45, 7) is 9.39. The van der Waals surface area contributed by atoms with Crippen LogP contribution in [0, 0.1) is 5.82 Å². The Balaban J connectivity index is 1.29. The number of likely N-dealkylation sites (N-methyl/N-ethyl adjacent to an activating group) is 1. The van der Waals surface area contributed by atoms with Gasteiger partial charge in [0, 0.05) is 38.3 Å². The van der Waals surface area contributed by atoms with E-state index in [9.17, 15) is 9.18 Å². The van der Waals surface area contributed by atoms with Gasteiger partial charge in [-0.25, -0.2) is 9.37 Å². The molecule has 4 rings (SSSR count). The highest BCUT2D eigenvalue weighted by Crippen LogP contribution is 2.20. The fraction of sp³-hybridized carbons (Fsp3) is 0.417. The van der Waals surface area contributed by atoms with Gasteiger partial charge in [-0.2, -0.15) is 0 Å². The van der Waals surface area contributed by atoms with E-state index in [0.29, 0.717) is 34.7 Å². The third kappa shape index (κ3) is 5.48. The largest absolute Gasteiger partial charge is 0.440 e. The van der Waals surface area contributed by atoms with Gasteiger partial charge in [0.05, 0.1) is 6.42 Å². The van der Waals surface area contributed by atoms with Crippen LogP contribution in [0.1, 0.15) is 35.2 Å². The summed E-state index contributed by atoms with van der Waals surface area (Å²) in [5, 5.41) is 2.99. The smallest absolute Gasteiger partial charge is 0.251 e. The van der Waals surface area contributed by atoms with E-state index in [1.165, 1.54) is 6.07 Å². The van der Waals surface area contributed by atoms with Crippen molar-refractivity contribution in [1.82, 2.24) is 20.1 Å². The number of aromatic nitrogens is 1. The lowest BCUT2D eigenvalue weighted by Crippen LogP contribution is -2.46. The predicted molar refractivity (Wildman–Crippen MR) is 119 cm³/mol. The van der Waals surface area contributed by atoms with Gasteiger partial charge in [0.15, 0.2) is 11.5 Å². The summed E-state index contributed by atoms with van der Waals surface area (Å²) in [6.07, 6.45) is 1.20. The molecule has 1 aliphatic heterocycles. The van der Waals surface area contributed by atoms with E-state index in [1.807, 2.05) is 0 Å². The number of oxazole rings is 1. The van der Waals surface area contributed by atoms with Crippen LogP contribution in [0.4, 0.5) is 4.39 Å². The Morgan fingerprint density at radius 3 is 2.68 bits per heavy atom. The topological polar surface area (TPSA) is 61.6 Å². The minimum absolute atomic E-state index is 0.121. The molecule has 0 atom stereocenters. The fourth-order valence-electron chi connectivity index (χ4n) is 3.93. The summed E-state index contributed by atoms with van der Waals surface area (Å²) in [6, 6.07) is 11.8. The van der Waals surface area contributed by atoms with E-state index >= 15 is 0 Å². The van der Waals surface area contributed by atoms with Crippen LogP contribution in [0.15, 0.2) is 46.9 Å². The van der Waals surface area contributed by atoms with Crippen LogP contribution < -0.4 is 5.32 Å². The van der Waals surface area contributed by atoms with E-state index < -0.39 is 0 Å². The lowest BCUT2D eigenvalue weighted by Gasteiger charge is -2.33. The minimum atomic E-state index is -0.280. The Morgan fingerprint density at radius 2 is 1.90 bits per heavy atom. The molecular weight excluding hydrogens is 395 g/mol. The van der Waals surface area contributed by atoms with Crippen LogP contribution >= 0.6 is 0 Å². The number of halogens is 1. The Bertz CT molecular complexity index is 1030. The van der Waals surface area contributed by atoms with Crippen molar-refractivity contribution in [3.63, 3.8) is 0 Å². The first-order chi connectivity index (χ1) is 15.1. The van der Waals surface area contributed by atoms with Crippen LogP contribution in [0.3, 0.4) is 0 Å². The van der Waals surface area contributed by atoms with E-state index in [1.54, 1.807) is 36.4 Å². The Kier molecular flexibility index (Phi) is 6.94. The van der Waals surface area contributed by atoms with Crippen molar-refractivity contribution in [2.75, 3.05) is 45.8 Å². The predicted octanol–water partition coefficient (Wildman–Crippen LogP) is 3.32. The quantitative estimate of drug-likeness (QED) is 0.562. The van der Waals surface area contributed by atoms with Gasteiger partial charge in [-0.3, -0.25) is 4.79 Å². The maximum atomic E-state index is 13.9. The number of fused-ring (bicyclic) bond motifs is 1. The first-order valence-electron chi connectivity index (χ1n) is 11.0. The summed E-state index contributed by atoms with van der Waals surface area (Å²) >= 11 is 0. The molecule has 0 unspecified atom stereocenters. The van der Waals surface area contributed by atoms with Crippen molar-refractivity contribution in [3.8, 4) is 0 Å². The van der Waals surface area contributed by atoms with Gasteiger partial charge in [0.1, 0.15) is 11.3 Å². The third-order valence-electron chi connectivity index (χ3n) is 5.84. The lowest BCUT2D eigenvalue weighted by molar-refractivity contribution is 0.0948. The Morgan fingerprint density at radius 1 is 1.13 bits per heavy atom. The van der Waals surface area contributed by atoms with Crippen LogP contribution in [0.5, 0.6) is 0 Å². The minimum Gasteiger partial charge on any atom is -0.440 e. The molecule has 1 aromatic heterocycles. The van der Waals surface area contributed by atoms with Gasteiger partial charge in [-0.05, 0) is 49.3 Å². The van der Waals surface area contributed by atoms with Crippen LogP contribution in [0.25, 0.3) is 11.1 Å². The van der Waals surface area contributed by atoms with Gasteiger partial charge >= 0.3 is 0 Å². The van der Waals surface area contributed by atoms with Crippen LogP contribution in [0.2, 0.25) is 0 Å².